The minimum absolute atomic E-state index is 0.0722. The third-order valence-electron chi connectivity index (χ3n) is 7.21. The van der Waals surface area contributed by atoms with Gasteiger partial charge in [0.05, 0.1) is 35.1 Å². The van der Waals surface area contributed by atoms with Gasteiger partial charge in [0.25, 0.3) is 5.91 Å². The molecule has 0 spiro atoms. The Morgan fingerprint density at radius 1 is 0.932 bits per heavy atom. The van der Waals surface area contributed by atoms with Crippen molar-refractivity contribution < 1.29 is 33.0 Å². The highest BCUT2D eigenvalue weighted by molar-refractivity contribution is 7.92. The number of carbonyl (C=O) groups is 3. The van der Waals surface area contributed by atoms with Crippen LogP contribution < -0.4 is 16.0 Å². The summed E-state index contributed by atoms with van der Waals surface area (Å²) in [5.74, 6) is -2.44. The SMILES string of the molecule is CCCC(CCC)S(=O)(=O)CC(NC(=O)c1cccnc1)C(=O)N[C@@H](Cc1ccccc1)[C@@H](O)[C@H](O)CC(=O)NCC(C)C. The van der Waals surface area contributed by atoms with E-state index in [1.165, 1.54) is 18.5 Å². The Kier molecular flexibility index (Phi) is 15.5. The first-order valence-corrected chi connectivity index (χ1v) is 17.0. The highest BCUT2D eigenvalue weighted by Gasteiger charge is 2.36. The summed E-state index contributed by atoms with van der Waals surface area (Å²) >= 11 is 0. The fourth-order valence-electron chi connectivity index (χ4n) is 4.81. The number of sulfone groups is 1. The third kappa shape index (κ3) is 12.3. The van der Waals surface area contributed by atoms with Crippen LogP contribution in [0.4, 0.5) is 0 Å². The minimum atomic E-state index is -3.84. The van der Waals surface area contributed by atoms with Crippen molar-refractivity contribution in [1.82, 2.24) is 20.9 Å². The maximum atomic E-state index is 13.8. The second-order valence-corrected chi connectivity index (χ2v) is 13.9. The van der Waals surface area contributed by atoms with Gasteiger partial charge in [-0.2, -0.15) is 0 Å². The Morgan fingerprint density at radius 3 is 2.16 bits per heavy atom. The van der Waals surface area contributed by atoms with Crippen molar-refractivity contribution in [3.8, 4) is 0 Å². The van der Waals surface area contributed by atoms with Crippen LogP contribution in [-0.4, -0.2) is 83.2 Å². The number of nitrogens with one attached hydrogen (secondary N) is 3. The molecule has 1 unspecified atom stereocenters. The zero-order chi connectivity index (χ0) is 32.7. The van der Waals surface area contributed by atoms with E-state index in [9.17, 15) is 33.0 Å². The van der Waals surface area contributed by atoms with Gasteiger partial charge in [0, 0.05) is 18.9 Å². The Hall–Kier alpha value is -3.35. The lowest BCUT2D eigenvalue weighted by Crippen LogP contribution is -2.57. The number of hydrogen-bond acceptors (Lipinski definition) is 8. The molecule has 0 aliphatic carbocycles. The largest absolute Gasteiger partial charge is 0.390 e. The topological polar surface area (TPSA) is 175 Å². The fraction of sp³-hybridized carbons (Fsp3) is 0.562. The molecule has 44 heavy (non-hydrogen) atoms. The zero-order valence-corrected chi connectivity index (χ0v) is 26.9. The Labute approximate surface area is 261 Å². The highest BCUT2D eigenvalue weighted by Crippen LogP contribution is 2.18. The van der Waals surface area contributed by atoms with E-state index in [4.69, 9.17) is 0 Å². The Bertz CT molecular complexity index is 1270. The summed E-state index contributed by atoms with van der Waals surface area (Å²) in [6.07, 6.45) is 1.46. The minimum Gasteiger partial charge on any atom is -0.390 e. The van der Waals surface area contributed by atoms with E-state index in [-0.39, 0.29) is 17.9 Å². The molecule has 0 aliphatic rings. The smallest absolute Gasteiger partial charge is 0.253 e. The van der Waals surface area contributed by atoms with Crippen LogP contribution in [0.5, 0.6) is 0 Å². The van der Waals surface area contributed by atoms with Crippen LogP contribution in [-0.2, 0) is 25.8 Å². The Morgan fingerprint density at radius 2 is 1.59 bits per heavy atom. The number of pyridine rings is 1. The van der Waals surface area contributed by atoms with Crippen LogP contribution in [0.2, 0.25) is 0 Å². The molecule has 1 aromatic carbocycles. The Balaban J connectivity index is 2.37. The maximum absolute atomic E-state index is 13.8. The predicted octanol–water partition coefficient (Wildman–Crippen LogP) is 2.18. The molecule has 0 saturated heterocycles. The van der Waals surface area contributed by atoms with E-state index in [0.717, 1.165) is 5.56 Å². The lowest BCUT2D eigenvalue weighted by Gasteiger charge is -2.30. The zero-order valence-electron chi connectivity index (χ0n) is 26.1. The van der Waals surface area contributed by atoms with Gasteiger partial charge in [0.15, 0.2) is 9.84 Å². The monoisotopic (exact) mass is 632 g/mol. The van der Waals surface area contributed by atoms with Crippen LogP contribution in [0.15, 0.2) is 54.9 Å². The summed E-state index contributed by atoms with van der Waals surface area (Å²) in [7, 11) is -3.84. The number of aliphatic hydroxyl groups excluding tert-OH is 2. The van der Waals surface area contributed by atoms with Crippen molar-refractivity contribution in [2.45, 2.75) is 95.8 Å². The van der Waals surface area contributed by atoms with E-state index >= 15 is 0 Å². The summed E-state index contributed by atoms with van der Waals surface area (Å²) in [6.45, 7) is 8.02. The molecule has 244 valence electrons. The summed E-state index contributed by atoms with van der Waals surface area (Å²) in [6, 6.07) is 9.35. The molecule has 0 radical (unpaired) electrons. The van der Waals surface area contributed by atoms with Crippen LogP contribution in [0.25, 0.3) is 0 Å². The second kappa shape index (κ2) is 18.5. The second-order valence-electron chi connectivity index (χ2n) is 11.6. The van der Waals surface area contributed by atoms with E-state index in [1.807, 2.05) is 27.7 Å². The van der Waals surface area contributed by atoms with Crippen LogP contribution in [0, 0.1) is 5.92 Å². The first kappa shape index (κ1) is 36.8. The van der Waals surface area contributed by atoms with Crippen molar-refractivity contribution in [2.75, 3.05) is 12.3 Å². The maximum Gasteiger partial charge on any atom is 0.253 e. The first-order valence-electron chi connectivity index (χ1n) is 15.3. The van der Waals surface area contributed by atoms with Gasteiger partial charge in [-0.1, -0.05) is 70.9 Å². The van der Waals surface area contributed by atoms with Crippen molar-refractivity contribution in [2.24, 2.45) is 5.92 Å². The molecule has 1 aromatic heterocycles. The molecule has 12 heteroatoms. The summed E-state index contributed by atoms with van der Waals surface area (Å²) in [5.41, 5.74) is 0.868. The van der Waals surface area contributed by atoms with Crippen molar-refractivity contribution in [3.63, 3.8) is 0 Å². The van der Waals surface area contributed by atoms with Gasteiger partial charge in [-0.05, 0) is 42.9 Å². The summed E-state index contributed by atoms with van der Waals surface area (Å²) in [5, 5.41) is 29.2. The fourth-order valence-corrected chi connectivity index (χ4v) is 6.98. The van der Waals surface area contributed by atoms with Gasteiger partial charge < -0.3 is 26.2 Å². The van der Waals surface area contributed by atoms with Crippen molar-refractivity contribution in [3.05, 3.63) is 66.0 Å². The average Bonchev–Trinajstić information content (AvgIpc) is 2.99. The molecular formula is C32H48N4O7S. The number of carbonyl (C=O) groups excluding carboxylic acids is 3. The van der Waals surface area contributed by atoms with E-state index in [1.54, 1.807) is 36.4 Å². The normalized spacial score (nSPS) is 14.5. The lowest BCUT2D eigenvalue weighted by atomic mass is 9.95. The standard InChI is InChI=1S/C32H48N4O7S/c1-5-11-25(12-6-2)44(42,43)21-27(36-31(40)24-15-10-16-33-20-24)32(41)35-26(17-23-13-8-7-9-14-23)30(39)28(37)18-29(38)34-19-22(3)4/h7-10,13-16,20,22,25-28,30,37,39H,5-6,11-12,17-19,21H2,1-4H3,(H,34,38)(H,35,41)(H,36,40)/t26-,27?,28+,30+/m0/s1. The van der Waals surface area contributed by atoms with E-state index in [2.05, 4.69) is 20.9 Å². The number of aromatic nitrogens is 1. The first-order chi connectivity index (χ1) is 20.9. The molecule has 0 aliphatic heterocycles. The lowest BCUT2D eigenvalue weighted by molar-refractivity contribution is -0.127. The number of benzene rings is 1. The van der Waals surface area contributed by atoms with Crippen molar-refractivity contribution >= 4 is 27.6 Å². The summed E-state index contributed by atoms with van der Waals surface area (Å²) < 4.78 is 27.0. The number of rotatable bonds is 19. The van der Waals surface area contributed by atoms with Gasteiger partial charge in [0.1, 0.15) is 12.1 Å². The van der Waals surface area contributed by atoms with Gasteiger partial charge in [-0.15, -0.1) is 0 Å². The molecule has 0 bridgehead atoms. The molecule has 5 N–H and O–H groups in total. The van der Waals surface area contributed by atoms with Crippen LogP contribution >= 0.6 is 0 Å². The predicted molar refractivity (Wildman–Crippen MR) is 169 cm³/mol. The number of amides is 3. The molecule has 2 rings (SSSR count). The van der Waals surface area contributed by atoms with Crippen LogP contribution in [0.3, 0.4) is 0 Å². The van der Waals surface area contributed by atoms with E-state index < -0.39 is 69.3 Å². The highest BCUT2D eigenvalue weighted by atomic mass is 32.2. The number of aliphatic hydroxyl groups is 2. The molecule has 3 amide bonds. The molecule has 1 heterocycles. The quantitative estimate of drug-likeness (QED) is 0.157. The molecule has 4 atom stereocenters. The molecule has 0 saturated carbocycles. The van der Waals surface area contributed by atoms with Crippen molar-refractivity contribution in [1.29, 1.82) is 0 Å². The average molecular weight is 633 g/mol. The molecule has 0 fully saturated rings. The van der Waals surface area contributed by atoms with Gasteiger partial charge in [0.2, 0.25) is 11.8 Å². The number of nitrogens with zero attached hydrogens (tertiary/aromatic N) is 1. The van der Waals surface area contributed by atoms with Gasteiger partial charge in [-0.3, -0.25) is 19.4 Å². The van der Waals surface area contributed by atoms with Gasteiger partial charge in [-0.25, -0.2) is 8.42 Å². The molecule has 2 aromatic rings. The summed E-state index contributed by atoms with van der Waals surface area (Å²) in [4.78, 5) is 43.1. The molecular weight excluding hydrogens is 584 g/mol. The van der Waals surface area contributed by atoms with Gasteiger partial charge >= 0.3 is 0 Å². The third-order valence-corrected chi connectivity index (χ3v) is 9.49. The van der Waals surface area contributed by atoms with E-state index in [0.29, 0.717) is 32.2 Å². The number of hydrogen-bond donors (Lipinski definition) is 5. The molecule has 11 nitrogen and oxygen atoms in total. The van der Waals surface area contributed by atoms with Crippen LogP contribution in [0.1, 0.15) is 75.7 Å².